The third-order valence-corrected chi connectivity index (χ3v) is 8.71. The van der Waals surface area contributed by atoms with Crippen molar-refractivity contribution in [3.8, 4) is 5.75 Å². The highest BCUT2D eigenvalue weighted by atomic mass is 19.4. The van der Waals surface area contributed by atoms with Crippen LogP contribution in [0, 0.1) is 17.3 Å². The lowest BCUT2D eigenvalue weighted by Gasteiger charge is -2.52. The molecule has 3 aliphatic rings. The Labute approximate surface area is 186 Å². The molecule has 0 spiro atoms. The molecular weight excluding hydrogens is 413 g/mol. The number of benzene rings is 2. The van der Waals surface area contributed by atoms with Crippen LogP contribution in [0.4, 0.5) is 13.2 Å². The van der Waals surface area contributed by atoms with E-state index in [1.807, 2.05) is 12.1 Å². The van der Waals surface area contributed by atoms with E-state index >= 15 is 0 Å². The minimum atomic E-state index is -4.34. The Morgan fingerprint density at radius 3 is 2.47 bits per heavy atom. The highest BCUT2D eigenvalue weighted by Gasteiger charge is 2.60. The Kier molecular flexibility index (Phi) is 4.97. The molecule has 0 amide bonds. The lowest BCUT2D eigenvalue weighted by atomic mass is 9.53. The Balaban J connectivity index is 1.38. The number of aliphatic hydroxyl groups is 1. The van der Waals surface area contributed by atoms with Gasteiger partial charge < -0.3 is 10.2 Å². The second-order valence-corrected chi connectivity index (χ2v) is 10.2. The first-order valence-corrected chi connectivity index (χ1v) is 11.5. The van der Waals surface area contributed by atoms with Crippen molar-refractivity contribution in [3.63, 3.8) is 0 Å². The predicted molar refractivity (Wildman–Crippen MR) is 118 cm³/mol. The van der Waals surface area contributed by atoms with Gasteiger partial charge in [0.25, 0.3) is 0 Å². The smallest absolute Gasteiger partial charge is 0.416 e. The van der Waals surface area contributed by atoms with Gasteiger partial charge in [-0.3, -0.25) is 0 Å². The first-order chi connectivity index (χ1) is 15.1. The molecule has 0 saturated heterocycles. The van der Waals surface area contributed by atoms with Crippen LogP contribution >= 0.6 is 0 Å². The fourth-order valence-corrected chi connectivity index (χ4v) is 6.91. The van der Waals surface area contributed by atoms with Crippen LogP contribution in [0.2, 0.25) is 0 Å². The number of hydrogen-bond donors (Lipinski definition) is 2. The van der Waals surface area contributed by atoms with E-state index in [1.54, 1.807) is 12.1 Å². The van der Waals surface area contributed by atoms with E-state index in [4.69, 9.17) is 0 Å². The van der Waals surface area contributed by atoms with Gasteiger partial charge in [-0.05, 0) is 97.2 Å². The average molecular weight is 443 g/mol. The van der Waals surface area contributed by atoms with Crippen LogP contribution in [0.1, 0.15) is 67.2 Å². The number of rotatable bonds is 2. The van der Waals surface area contributed by atoms with Gasteiger partial charge in [-0.25, -0.2) is 0 Å². The molecule has 3 unspecified atom stereocenters. The van der Waals surface area contributed by atoms with Gasteiger partial charge in [0, 0.05) is 5.41 Å². The van der Waals surface area contributed by atoms with Gasteiger partial charge in [-0.15, -0.1) is 0 Å². The molecule has 2 N–H and O–H groups in total. The fourth-order valence-electron chi connectivity index (χ4n) is 6.91. The molecule has 2 aromatic carbocycles. The van der Waals surface area contributed by atoms with E-state index in [2.05, 4.69) is 13.0 Å². The molecule has 0 aromatic heterocycles. The lowest BCUT2D eigenvalue weighted by molar-refractivity contribution is -0.137. The summed E-state index contributed by atoms with van der Waals surface area (Å²) in [5.74, 6) is 1.72. The van der Waals surface area contributed by atoms with Crippen LogP contribution in [0.3, 0.4) is 0 Å². The van der Waals surface area contributed by atoms with E-state index in [1.165, 1.54) is 23.3 Å². The molecular formula is C27H29F3O2. The van der Waals surface area contributed by atoms with E-state index in [0.717, 1.165) is 44.2 Å². The maximum absolute atomic E-state index is 12.8. The molecule has 5 atom stereocenters. The topological polar surface area (TPSA) is 40.5 Å². The first-order valence-electron chi connectivity index (χ1n) is 11.5. The van der Waals surface area contributed by atoms with Gasteiger partial charge in [0.15, 0.2) is 0 Å². The number of halogens is 3. The molecule has 2 saturated carbocycles. The summed E-state index contributed by atoms with van der Waals surface area (Å²) in [5.41, 5.74) is 1.41. The van der Waals surface area contributed by atoms with Crippen molar-refractivity contribution in [1.82, 2.24) is 0 Å². The van der Waals surface area contributed by atoms with Gasteiger partial charge >= 0.3 is 6.18 Å². The van der Waals surface area contributed by atoms with E-state index in [9.17, 15) is 23.4 Å². The van der Waals surface area contributed by atoms with E-state index in [-0.39, 0.29) is 5.41 Å². The van der Waals surface area contributed by atoms with Crippen molar-refractivity contribution in [2.45, 2.75) is 63.1 Å². The Morgan fingerprint density at radius 1 is 1.00 bits per heavy atom. The van der Waals surface area contributed by atoms with Gasteiger partial charge in [-0.1, -0.05) is 37.3 Å². The summed E-state index contributed by atoms with van der Waals surface area (Å²) in [6.07, 6.45) is 4.85. The summed E-state index contributed by atoms with van der Waals surface area (Å²) in [7, 11) is 0. The molecule has 0 bridgehead atoms. The molecule has 5 heteroatoms. The standard InChI is InChI=1S/C27H29F3O2/c1-25-13-11-22-21-9-7-20(31)16-18(21)4-8-23(22)24(25)12-15-26(25,32)14-10-17-2-5-19(6-3-17)27(28,29)30/h2-3,5-7,9-10,14,16,22-24,31-32H,4,8,11-13,15H2,1H3/b14-10-/t22?,23?,24?,25-,26-/m0/s1. The first kappa shape index (κ1) is 21.6. The highest BCUT2D eigenvalue weighted by molar-refractivity contribution is 5.52. The molecule has 2 fully saturated rings. The van der Waals surface area contributed by atoms with Crippen LogP contribution in [0.5, 0.6) is 5.75 Å². The Hall–Kier alpha value is -2.27. The minimum Gasteiger partial charge on any atom is -0.508 e. The molecule has 0 heterocycles. The number of aryl methyl sites for hydroxylation is 1. The van der Waals surface area contributed by atoms with Crippen molar-refractivity contribution in [2.75, 3.05) is 0 Å². The second kappa shape index (κ2) is 7.38. The maximum Gasteiger partial charge on any atom is 0.416 e. The summed E-state index contributed by atoms with van der Waals surface area (Å²) < 4.78 is 38.5. The molecule has 0 aliphatic heterocycles. The van der Waals surface area contributed by atoms with Gasteiger partial charge in [0.2, 0.25) is 0 Å². The molecule has 170 valence electrons. The molecule has 2 nitrogen and oxygen atoms in total. The number of hydrogen-bond acceptors (Lipinski definition) is 2. The van der Waals surface area contributed by atoms with Crippen molar-refractivity contribution in [2.24, 2.45) is 17.3 Å². The fraction of sp³-hybridized carbons (Fsp3) is 0.481. The minimum absolute atomic E-state index is 0.245. The second-order valence-electron chi connectivity index (χ2n) is 10.2. The third-order valence-electron chi connectivity index (χ3n) is 8.71. The molecule has 5 rings (SSSR count). The number of phenols is 1. The van der Waals surface area contributed by atoms with Gasteiger partial charge in [0.05, 0.1) is 11.2 Å². The van der Waals surface area contributed by atoms with Crippen LogP contribution in [0.15, 0.2) is 48.5 Å². The largest absolute Gasteiger partial charge is 0.508 e. The third kappa shape index (κ3) is 3.37. The van der Waals surface area contributed by atoms with Crippen molar-refractivity contribution in [3.05, 3.63) is 70.8 Å². The van der Waals surface area contributed by atoms with Crippen molar-refractivity contribution >= 4 is 6.08 Å². The highest BCUT2D eigenvalue weighted by Crippen LogP contribution is 2.64. The zero-order valence-corrected chi connectivity index (χ0v) is 18.2. The Morgan fingerprint density at radius 2 is 1.75 bits per heavy atom. The average Bonchev–Trinajstić information content (AvgIpc) is 3.03. The predicted octanol–water partition coefficient (Wildman–Crippen LogP) is 6.71. The van der Waals surface area contributed by atoms with E-state index < -0.39 is 17.3 Å². The quantitative estimate of drug-likeness (QED) is 0.543. The summed E-state index contributed by atoms with van der Waals surface area (Å²) in [6.45, 7) is 2.20. The summed E-state index contributed by atoms with van der Waals surface area (Å²) >= 11 is 0. The normalized spacial score (nSPS) is 34.2. The van der Waals surface area contributed by atoms with Crippen LogP contribution in [-0.2, 0) is 12.6 Å². The number of alkyl halides is 3. The molecule has 32 heavy (non-hydrogen) atoms. The van der Waals surface area contributed by atoms with Crippen LogP contribution in [-0.4, -0.2) is 15.8 Å². The molecule has 3 aliphatic carbocycles. The van der Waals surface area contributed by atoms with Crippen LogP contribution < -0.4 is 0 Å². The lowest BCUT2D eigenvalue weighted by Crippen LogP contribution is -2.49. The van der Waals surface area contributed by atoms with Gasteiger partial charge in [-0.2, -0.15) is 13.2 Å². The number of phenolic OH excluding ortho intramolecular Hbond substituents is 1. The zero-order valence-electron chi connectivity index (χ0n) is 18.2. The summed E-state index contributed by atoms with van der Waals surface area (Å²) in [6, 6.07) is 10.9. The van der Waals surface area contributed by atoms with E-state index in [0.29, 0.717) is 35.5 Å². The number of aromatic hydroxyl groups is 1. The monoisotopic (exact) mass is 442 g/mol. The number of fused-ring (bicyclic) bond motifs is 5. The zero-order chi connectivity index (χ0) is 22.7. The van der Waals surface area contributed by atoms with Gasteiger partial charge in [0.1, 0.15) is 5.75 Å². The SMILES string of the molecule is C[C@]12CCC3c4ccc(O)cc4CCC3C1CC[C@@]2(O)/C=C\c1ccc(C(F)(F)F)cc1. The van der Waals surface area contributed by atoms with Crippen molar-refractivity contribution in [1.29, 1.82) is 0 Å². The molecule has 2 aromatic rings. The Bertz CT molecular complexity index is 1040. The molecule has 0 radical (unpaired) electrons. The van der Waals surface area contributed by atoms with Crippen molar-refractivity contribution < 1.29 is 23.4 Å². The van der Waals surface area contributed by atoms with Crippen LogP contribution in [0.25, 0.3) is 6.08 Å². The summed E-state index contributed by atoms with van der Waals surface area (Å²) in [5, 5.41) is 21.6. The maximum atomic E-state index is 12.8. The summed E-state index contributed by atoms with van der Waals surface area (Å²) in [4.78, 5) is 0.